The minimum atomic E-state index is -0.614. The third kappa shape index (κ3) is 3.72. The van der Waals surface area contributed by atoms with Crippen LogP contribution in [0.5, 0.6) is 0 Å². The van der Waals surface area contributed by atoms with Crippen LogP contribution in [0.2, 0.25) is 5.02 Å². The standard InChI is InChI=1S/C16H15ClN4OS/c1-21-15(12-5-3-7-18-9-12)19-20-16(21)23-10-14(22)11-4-2-6-13(17)8-11/h2-9,14,22H,10H2,1H3. The molecule has 3 rings (SSSR count). The summed E-state index contributed by atoms with van der Waals surface area (Å²) in [7, 11) is 1.90. The molecule has 1 atom stereocenters. The third-order valence-corrected chi connectivity index (χ3v) is 4.69. The van der Waals surface area contributed by atoms with Gasteiger partial charge in [0.1, 0.15) is 0 Å². The first-order valence-corrected chi connectivity index (χ1v) is 8.37. The monoisotopic (exact) mass is 346 g/mol. The molecule has 7 heteroatoms. The topological polar surface area (TPSA) is 63.8 Å². The molecule has 0 aliphatic rings. The van der Waals surface area contributed by atoms with E-state index in [1.165, 1.54) is 11.8 Å². The molecule has 2 aromatic heterocycles. The molecule has 0 aliphatic heterocycles. The zero-order chi connectivity index (χ0) is 16.2. The summed E-state index contributed by atoms with van der Waals surface area (Å²) in [6, 6.07) is 11.0. The Morgan fingerprint density at radius 1 is 1.26 bits per heavy atom. The number of rotatable bonds is 5. The first-order chi connectivity index (χ1) is 11.1. The molecule has 1 unspecified atom stereocenters. The maximum atomic E-state index is 10.3. The number of benzene rings is 1. The molecule has 0 spiro atoms. The highest BCUT2D eigenvalue weighted by Crippen LogP contribution is 2.27. The molecule has 0 aliphatic carbocycles. The highest BCUT2D eigenvalue weighted by atomic mass is 35.5. The predicted molar refractivity (Wildman–Crippen MR) is 91.4 cm³/mol. The van der Waals surface area contributed by atoms with Gasteiger partial charge in [0.15, 0.2) is 11.0 Å². The van der Waals surface area contributed by atoms with Crippen molar-refractivity contribution in [2.24, 2.45) is 7.05 Å². The van der Waals surface area contributed by atoms with Gasteiger partial charge in [-0.2, -0.15) is 0 Å². The minimum Gasteiger partial charge on any atom is -0.388 e. The number of aliphatic hydroxyl groups excluding tert-OH is 1. The molecule has 0 saturated carbocycles. The lowest BCUT2D eigenvalue weighted by atomic mass is 10.1. The number of pyridine rings is 1. The van der Waals surface area contributed by atoms with Gasteiger partial charge in [0.05, 0.1) is 6.10 Å². The summed E-state index contributed by atoms with van der Waals surface area (Å²) >= 11 is 7.40. The SMILES string of the molecule is Cn1c(SCC(O)c2cccc(Cl)c2)nnc1-c1cccnc1. The van der Waals surface area contributed by atoms with E-state index in [0.29, 0.717) is 10.8 Å². The number of thioether (sulfide) groups is 1. The van der Waals surface area contributed by atoms with Gasteiger partial charge in [-0.1, -0.05) is 35.5 Å². The second-order valence-corrected chi connectivity index (χ2v) is 6.41. The molecule has 5 nitrogen and oxygen atoms in total. The Morgan fingerprint density at radius 2 is 2.13 bits per heavy atom. The molecule has 2 heterocycles. The van der Waals surface area contributed by atoms with Crippen molar-refractivity contribution in [1.29, 1.82) is 0 Å². The summed E-state index contributed by atoms with van der Waals surface area (Å²) in [6.45, 7) is 0. The maximum absolute atomic E-state index is 10.3. The van der Waals surface area contributed by atoms with Gasteiger partial charge in [-0.15, -0.1) is 10.2 Å². The zero-order valence-corrected chi connectivity index (χ0v) is 14.0. The second kappa shape index (κ2) is 7.12. The van der Waals surface area contributed by atoms with Crippen molar-refractivity contribution < 1.29 is 5.11 Å². The molecule has 0 bridgehead atoms. The van der Waals surface area contributed by atoms with E-state index in [0.717, 1.165) is 22.1 Å². The molecule has 0 fully saturated rings. The molecule has 0 radical (unpaired) electrons. The minimum absolute atomic E-state index is 0.472. The first-order valence-electron chi connectivity index (χ1n) is 7.01. The summed E-state index contributed by atoms with van der Waals surface area (Å²) in [5.41, 5.74) is 1.70. The van der Waals surface area contributed by atoms with Crippen molar-refractivity contribution in [1.82, 2.24) is 19.7 Å². The van der Waals surface area contributed by atoms with Crippen LogP contribution in [0.1, 0.15) is 11.7 Å². The van der Waals surface area contributed by atoms with Crippen LogP contribution in [-0.4, -0.2) is 30.6 Å². The predicted octanol–water partition coefficient (Wildman–Crippen LogP) is 3.36. The second-order valence-electron chi connectivity index (χ2n) is 4.99. The first kappa shape index (κ1) is 16.0. The fourth-order valence-electron chi connectivity index (χ4n) is 2.15. The van der Waals surface area contributed by atoms with Crippen LogP contribution >= 0.6 is 23.4 Å². The normalized spacial score (nSPS) is 12.3. The van der Waals surface area contributed by atoms with Gasteiger partial charge in [0.25, 0.3) is 0 Å². The number of aliphatic hydroxyl groups is 1. The summed E-state index contributed by atoms with van der Waals surface area (Å²) in [4.78, 5) is 4.09. The van der Waals surface area contributed by atoms with E-state index in [-0.39, 0.29) is 0 Å². The number of nitrogens with zero attached hydrogens (tertiary/aromatic N) is 4. The molecule has 23 heavy (non-hydrogen) atoms. The van der Waals surface area contributed by atoms with E-state index in [4.69, 9.17) is 11.6 Å². The molecule has 3 aromatic rings. The Kier molecular flexibility index (Phi) is 4.95. The highest BCUT2D eigenvalue weighted by Gasteiger charge is 2.14. The van der Waals surface area contributed by atoms with Crippen molar-refractivity contribution in [2.45, 2.75) is 11.3 Å². The van der Waals surface area contributed by atoms with E-state index in [1.54, 1.807) is 24.5 Å². The van der Waals surface area contributed by atoms with Gasteiger partial charge >= 0.3 is 0 Å². The Morgan fingerprint density at radius 3 is 2.87 bits per heavy atom. The van der Waals surface area contributed by atoms with Gasteiger partial charge in [-0.25, -0.2) is 0 Å². The van der Waals surface area contributed by atoms with Gasteiger partial charge in [0.2, 0.25) is 0 Å². The van der Waals surface area contributed by atoms with E-state index >= 15 is 0 Å². The molecular weight excluding hydrogens is 332 g/mol. The van der Waals surface area contributed by atoms with E-state index < -0.39 is 6.10 Å². The van der Waals surface area contributed by atoms with E-state index in [9.17, 15) is 5.11 Å². The van der Waals surface area contributed by atoms with Crippen molar-refractivity contribution >= 4 is 23.4 Å². The van der Waals surface area contributed by atoms with Gasteiger partial charge < -0.3 is 9.67 Å². The Bertz CT molecular complexity index is 794. The van der Waals surface area contributed by atoms with Crippen molar-refractivity contribution in [2.75, 3.05) is 5.75 Å². The van der Waals surface area contributed by atoms with Crippen LogP contribution in [0, 0.1) is 0 Å². The molecule has 1 aromatic carbocycles. The molecule has 1 N–H and O–H groups in total. The van der Waals surface area contributed by atoms with Crippen LogP contribution in [0.3, 0.4) is 0 Å². The van der Waals surface area contributed by atoms with Crippen molar-refractivity contribution in [3.8, 4) is 11.4 Å². The Labute approximate surface area is 143 Å². The fraction of sp³-hybridized carbons (Fsp3) is 0.188. The average molecular weight is 347 g/mol. The Balaban J connectivity index is 1.71. The average Bonchev–Trinajstić information content (AvgIpc) is 2.94. The van der Waals surface area contributed by atoms with Crippen LogP contribution in [-0.2, 0) is 7.05 Å². The quantitative estimate of drug-likeness (QED) is 0.718. The van der Waals surface area contributed by atoms with Crippen molar-refractivity contribution in [3.63, 3.8) is 0 Å². The highest BCUT2D eigenvalue weighted by molar-refractivity contribution is 7.99. The fourth-order valence-corrected chi connectivity index (χ4v) is 3.23. The Hall–Kier alpha value is -1.89. The molecule has 0 amide bonds. The summed E-state index contributed by atoms with van der Waals surface area (Å²) in [6.07, 6.45) is 2.85. The lowest BCUT2D eigenvalue weighted by Gasteiger charge is -2.10. The maximum Gasteiger partial charge on any atom is 0.191 e. The van der Waals surface area contributed by atoms with Gasteiger partial charge in [-0.05, 0) is 29.8 Å². The van der Waals surface area contributed by atoms with Gasteiger partial charge in [-0.3, -0.25) is 4.98 Å². The summed E-state index contributed by atoms with van der Waals surface area (Å²) < 4.78 is 1.90. The van der Waals surface area contributed by atoms with Crippen LogP contribution in [0.4, 0.5) is 0 Å². The van der Waals surface area contributed by atoms with Crippen LogP contribution in [0.25, 0.3) is 11.4 Å². The van der Waals surface area contributed by atoms with Gasteiger partial charge in [0, 0.05) is 35.8 Å². The van der Waals surface area contributed by atoms with E-state index in [1.807, 2.05) is 35.9 Å². The number of aromatic nitrogens is 4. The number of hydrogen-bond acceptors (Lipinski definition) is 5. The van der Waals surface area contributed by atoms with Crippen molar-refractivity contribution in [3.05, 3.63) is 59.4 Å². The van der Waals surface area contributed by atoms with Crippen LogP contribution < -0.4 is 0 Å². The largest absolute Gasteiger partial charge is 0.388 e. The molecule has 0 saturated heterocycles. The zero-order valence-electron chi connectivity index (χ0n) is 12.4. The summed E-state index contributed by atoms with van der Waals surface area (Å²) in [5, 5.41) is 20.0. The lowest BCUT2D eigenvalue weighted by molar-refractivity contribution is 0.204. The number of hydrogen-bond donors (Lipinski definition) is 1. The molecular formula is C16H15ClN4OS. The van der Waals surface area contributed by atoms with E-state index in [2.05, 4.69) is 15.2 Å². The third-order valence-electron chi connectivity index (χ3n) is 3.36. The lowest BCUT2D eigenvalue weighted by Crippen LogP contribution is -2.02. The molecule has 118 valence electrons. The smallest absolute Gasteiger partial charge is 0.191 e. The number of halogens is 1. The van der Waals surface area contributed by atoms with Crippen LogP contribution in [0.15, 0.2) is 53.9 Å². The summed E-state index contributed by atoms with van der Waals surface area (Å²) in [5.74, 6) is 1.22.